The fourth-order valence-electron chi connectivity index (χ4n) is 5.48. The Morgan fingerprint density at radius 1 is 1.11 bits per heavy atom. The molecule has 0 aromatic heterocycles. The molecule has 188 valence electrons. The number of halogens is 2. The van der Waals surface area contributed by atoms with Crippen LogP contribution in [0.1, 0.15) is 55.7 Å². The van der Waals surface area contributed by atoms with Gasteiger partial charge in [-0.3, -0.25) is 9.59 Å². The van der Waals surface area contributed by atoms with Gasteiger partial charge in [-0.15, -0.1) is 0 Å². The van der Waals surface area contributed by atoms with Gasteiger partial charge in [0.15, 0.2) is 0 Å². The molecule has 0 bridgehead atoms. The van der Waals surface area contributed by atoms with Crippen LogP contribution in [0, 0.1) is 11.3 Å². The maximum atomic E-state index is 14.2. The van der Waals surface area contributed by atoms with E-state index in [1.165, 1.54) is 6.26 Å². The molecule has 2 fully saturated rings. The molecule has 1 unspecified atom stereocenters. The zero-order chi connectivity index (χ0) is 25.5. The third-order valence-corrected chi connectivity index (χ3v) is 8.56. The maximum Gasteiger partial charge on any atom is 0.304 e. The SMILES string of the molecule is C[C@]1(CC(=O)O)CC(c2cccc(Cl)c2)[C@@H](c2ccc(Cl)cc2)N([C@H](CS(C)(=O)=O)C2CC2)C1=O. The molecule has 4 rings (SSSR count). The van der Waals surface area contributed by atoms with Gasteiger partial charge >= 0.3 is 5.97 Å². The van der Waals surface area contributed by atoms with Crippen LogP contribution in [0.4, 0.5) is 0 Å². The van der Waals surface area contributed by atoms with Crippen molar-refractivity contribution in [1.82, 2.24) is 4.90 Å². The molecule has 1 N–H and O–H groups in total. The number of carbonyl (C=O) groups is 2. The Morgan fingerprint density at radius 2 is 1.77 bits per heavy atom. The fourth-order valence-corrected chi connectivity index (χ4v) is 6.86. The molecule has 4 atom stereocenters. The number of rotatable bonds is 8. The quantitative estimate of drug-likeness (QED) is 0.489. The number of amides is 1. The molecule has 1 aliphatic heterocycles. The summed E-state index contributed by atoms with van der Waals surface area (Å²) in [6.07, 6.45) is 2.78. The van der Waals surface area contributed by atoms with E-state index in [0.29, 0.717) is 16.5 Å². The van der Waals surface area contributed by atoms with Crippen molar-refractivity contribution < 1.29 is 23.1 Å². The Hall–Kier alpha value is -2.09. The van der Waals surface area contributed by atoms with Crippen LogP contribution in [0.15, 0.2) is 48.5 Å². The molecule has 2 aromatic carbocycles. The second-order valence-corrected chi connectivity index (χ2v) is 13.3. The number of sulfone groups is 1. The van der Waals surface area contributed by atoms with Crippen LogP contribution in [0.25, 0.3) is 0 Å². The lowest BCUT2D eigenvalue weighted by Gasteiger charge is -2.52. The van der Waals surface area contributed by atoms with E-state index in [9.17, 15) is 23.1 Å². The number of nitrogens with zero attached hydrogens (tertiary/aromatic N) is 1. The molecule has 1 saturated heterocycles. The predicted octanol–water partition coefficient (Wildman–Crippen LogP) is 5.35. The van der Waals surface area contributed by atoms with Crippen molar-refractivity contribution in [2.75, 3.05) is 12.0 Å². The molecule has 1 amide bonds. The zero-order valence-electron chi connectivity index (χ0n) is 19.7. The Balaban J connectivity index is 1.93. The van der Waals surface area contributed by atoms with Crippen molar-refractivity contribution in [3.8, 4) is 0 Å². The lowest BCUT2D eigenvalue weighted by atomic mass is 9.67. The Labute approximate surface area is 216 Å². The van der Waals surface area contributed by atoms with Gasteiger partial charge in [-0.25, -0.2) is 8.42 Å². The van der Waals surface area contributed by atoms with E-state index in [1.807, 2.05) is 30.3 Å². The van der Waals surface area contributed by atoms with Crippen molar-refractivity contribution in [2.24, 2.45) is 11.3 Å². The molecular weight excluding hydrogens is 509 g/mol. The van der Waals surface area contributed by atoms with Crippen molar-refractivity contribution in [1.29, 1.82) is 0 Å². The predicted molar refractivity (Wildman–Crippen MR) is 136 cm³/mol. The van der Waals surface area contributed by atoms with Gasteiger partial charge < -0.3 is 10.0 Å². The van der Waals surface area contributed by atoms with Crippen LogP contribution in [0.2, 0.25) is 10.0 Å². The largest absolute Gasteiger partial charge is 0.481 e. The molecule has 1 aliphatic carbocycles. The normalized spacial score (nSPS) is 25.9. The van der Waals surface area contributed by atoms with E-state index >= 15 is 0 Å². The van der Waals surface area contributed by atoms with E-state index in [1.54, 1.807) is 30.0 Å². The Morgan fingerprint density at radius 3 is 2.31 bits per heavy atom. The summed E-state index contributed by atoms with van der Waals surface area (Å²) in [7, 11) is -3.42. The summed E-state index contributed by atoms with van der Waals surface area (Å²) in [5.74, 6) is -1.80. The van der Waals surface area contributed by atoms with Gasteiger partial charge in [-0.2, -0.15) is 0 Å². The van der Waals surface area contributed by atoms with Gasteiger partial charge in [0.1, 0.15) is 9.84 Å². The standard InChI is InChI=1S/C26H29Cl2NO5S/c1-26(14-23(30)31)13-21(18-4-3-5-20(28)12-18)24(17-8-10-19(27)11-9-17)29(25(26)32)22(16-6-7-16)15-35(2,33)34/h3-5,8-12,16,21-22,24H,6-7,13-15H2,1-2H3,(H,30,31)/t21?,22-,24-,26-/m1/s1. The highest BCUT2D eigenvalue weighted by Crippen LogP contribution is 2.54. The molecule has 2 aromatic rings. The first kappa shape index (κ1) is 26.0. The minimum atomic E-state index is -3.42. The van der Waals surface area contributed by atoms with Crippen molar-refractivity contribution >= 4 is 44.9 Å². The molecule has 1 heterocycles. The summed E-state index contributed by atoms with van der Waals surface area (Å²) in [5, 5.41) is 10.8. The van der Waals surface area contributed by atoms with Crippen LogP contribution in [0.3, 0.4) is 0 Å². The second-order valence-electron chi connectivity index (χ2n) is 10.2. The van der Waals surface area contributed by atoms with Crippen LogP contribution in [-0.2, 0) is 19.4 Å². The van der Waals surface area contributed by atoms with Gasteiger partial charge in [-0.05, 0) is 60.6 Å². The molecule has 0 spiro atoms. The van der Waals surface area contributed by atoms with Crippen LogP contribution in [0.5, 0.6) is 0 Å². The number of aliphatic carboxylic acids is 1. The average Bonchev–Trinajstić information content (AvgIpc) is 3.59. The summed E-state index contributed by atoms with van der Waals surface area (Å²) >= 11 is 12.5. The smallest absolute Gasteiger partial charge is 0.304 e. The molecular formula is C26H29Cl2NO5S. The summed E-state index contributed by atoms with van der Waals surface area (Å²) in [4.78, 5) is 27.7. The number of hydrogen-bond donors (Lipinski definition) is 1. The first-order valence-corrected chi connectivity index (χ1v) is 14.4. The number of carboxylic acid groups (broad SMARTS) is 1. The minimum Gasteiger partial charge on any atom is -0.481 e. The molecule has 0 radical (unpaired) electrons. The molecule has 9 heteroatoms. The second kappa shape index (κ2) is 9.75. The number of hydrogen-bond acceptors (Lipinski definition) is 4. The molecule has 2 aliphatic rings. The van der Waals surface area contributed by atoms with Crippen molar-refractivity contribution in [3.05, 3.63) is 69.7 Å². The number of carboxylic acids is 1. The van der Waals surface area contributed by atoms with E-state index in [2.05, 4.69) is 0 Å². The topological polar surface area (TPSA) is 91.8 Å². The number of carbonyl (C=O) groups excluding carboxylic acids is 1. The van der Waals surface area contributed by atoms with Crippen LogP contribution >= 0.6 is 23.2 Å². The van der Waals surface area contributed by atoms with Gasteiger partial charge in [0.25, 0.3) is 0 Å². The zero-order valence-corrected chi connectivity index (χ0v) is 22.0. The van der Waals surface area contributed by atoms with Gasteiger partial charge in [0.2, 0.25) is 5.91 Å². The van der Waals surface area contributed by atoms with Crippen molar-refractivity contribution in [2.45, 2.75) is 50.6 Å². The van der Waals surface area contributed by atoms with E-state index in [-0.39, 0.29) is 29.9 Å². The van der Waals surface area contributed by atoms with Gasteiger partial charge in [0, 0.05) is 28.3 Å². The average molecular weight is 538 g/mol. The molecule has 1 saturated carbocycles. The third kappa shape index (κ3) is 5.84. The molecule has 6 nitrogen and oxygen atoms in total. The molecule has 35 heavy (non-hydrogen) atoms. The first-order valence-electron chi connectivity index (χ1n) is 11.6. The minimum absolute atomic E-state index is 0.0515. The summed E-state index contributed by atoms with van der Waals surface area (Å²) < 4.78 is 25.0. The lowest BCUT2D eigenvalue weighted by molar-refractivity contribution is -0.160. The number of benzene rings is 2. The summed E-state index contributed by atoms with van der Waals surface area (Å²) in [6, 6.07) is 13.5. The first-order chi connectivity index (χ1) is 16.4. The fraction of sp³-hybridized carbons (Fsp3) is 0.462. The van der Waals surface area contributed by atoms with Crippen LogP contribution in [-0.4, -0.2) is 48.4 Å². The van der Waals surface area contributed by atoms with Gasteiger partial charge in [0.05, 0.1) is 23.6 Å². The highest BCUT2D eigenvalue weighted by Gasteiger charge is 2.54. The van der Waals surface area contributed by atoms with Crippen molar-refractivity contribution in [3.63, 3.8) is 0 Å². The highest BCUT2D eigenvalue weighted by atomic mass is 35.5. The lowest BCUT2D eigenvalue weighted by Crippen LogP contribution is -2.58. The summed E-state index contributed by atoms with van der Waals surface area (Å²) in [5.41, 5.74) is 0.497. The van der Waals surface area contributed by atoms with Crippen LogP contribution < -0.4 is 0 Å². The van der Waals surface area contributed by atoms with Gasteiger partial charge in [-0.1, -0.05) is 54.4 Å². The highest BCUT2D eigenvalue weighted by molar-refractivity contribution is 7.90. The number of likely N-dealkylation sites (tertiary alicyclic amines) is 1. The van der Waals surface area contributed by atoms with E-state index in [4.69, 9.17) is 23.2 Å². The Bertz CT molecular complexity index is 1230. The van der Waals surface area contributed by atoms with E-state index < -0.39 is 33.3 Å². The number of piperidine rings is 1. The Kier molecular flexibility index (Phi) is 7.24. The summed E-state index contributed by atoms with van der Waals surface area (Å²) in [6.45, 7) is 1.68. The maximum absolute atomic E-state index is 14.2. The van der Waals surface area contributed by atoms with E-state index in [0.717, 1.165) is 24.0 Å². The monoisotopic (exact) mass is 537 g/mol. The third-order valence-electron chi connectivity index (χ3n) is 7.13.